The number of nitrogens with zero attached hydrogens (tertiary/aromatic N) is 3. The van der Waals surface area contributed by atoms with E-state index >= 15 is 0 Å². The van der Waals surface area contributed by atoms with Gasteiger partial charge in [-0.15, -0.1) is 0 Å². The highest BCUT2D eigenvalue weighted by atomic mass is 19.1. The van der Waals surface area contributed by atoms with Gasteiger partial charge in [0, 0.05) is 37.3 Å². The summed E-state index contributed by atoms with van der Waals surface area (Å²) >= 11 is 0. The Balaban J connectivity index is 1.90. The van der Waals surface area contributed by atoms with Crippen molar-refractivity contribution in [1.29, 1.82) is 0 Å². The van der Waals surface area contributed by atoms with Crippen molar-refractivity contribution in [3.05, 3.63) is 59.0 Å². The predicted octanol–water partition coefficient (Wildman–Crippen LogP) is 2.31. The van der Waals surface area contributed by atoms with Crippen molar-refractivity contribution in [2.24, 2.45) is 5.92 Å². The molecule has 0 saturated heterocycles. The van der Waals surface area contributed by atoms with Gasteiger partial charge in [0.1, 0.15) is 23.6 Å². The maximum atomic E-state index is 13.6. The molecule has 3 rings (SSSR count). The summed E-state index contributed by atoms with van der Waals surface area (Å²) in [7, 11) is 1.93. The van der Waals surface area contributed by atoms with E-state index in [1.54, 1.807) is 30.9 Å². The summed E-state index contributed by atoms with van der Waals surface area (Å²) in [5.41, 5.74) is 1.61. The second-order valence-electron chi connectivity index (χ2n) is 8.97. The summed E-state index contributed by atoms with van der Waals surface area (Å²) in [6.45, 7) is 6.63. The van der Waals surface area contributed by atoms with E-state index in [9.17, 15) is 19.4 Å². The van der Waals surface area contributed by atoms with Crippen molar-refractivity contribution in [2.75, 3.05) is 26.7 Å². The molecule has 1 aromatic heterocycles. The number of ether oxygens (including phenoxy) is 1. The first-order valence-electron chi connectivity index (χ1n) is 11.4. The van der Waals surface area contributed by atoms with E-state index in [1.165, 1.54) is 18.3 Å². The SMILES string of the molecule is C[C@@H](O)C#Cc1cnc2c(c1)C(=O)N([C@@H](C)CO)C[C@H](C)[C@@H](CN(C)Cc1cccc(F)c1)O2. The van der Waals surface area contributed by atoms with Crippen molar-refractivity contribution in [2.45, 2.75) is 45.6 Å². The summed E-state index contributed by atoms with van der Waals surface area (Å²) in [5.74, 6) is 5.05. The minimum atomic E-state index is -0.807. The topological polar surface area (TPSA) is 86.1 Å². The van der Waals surface area contributed by atoms with Crippen LogP contribution < -0.4 is 4.74 Å². The molecule has 4 atom stereocenters. The van der Waals surface area contributed by atoms with E-state index in [0.29, 0.717) is 25.2 Å². The van der Waals surface area contributed by atoms with Gasteiger partial charge in [-0.05, 0) is 44.7 Å². The lowest BCUT2D eigenvalue weighted by molar-refractivity contribution is 0.0325. The Hall–Kier alpha value is -2.99. The van der Waals surface area contributed by atoms with Crippen LogP contribution in [0.3, 0.4) is 0 Å². The van der Waals surface area contributed by atoms with Gasteiger partial charge in [0.2, 0.25) is 5.88 Å². The second kappa shape index (κ2) is 11.4. The first kappa shape index (κ1) is 25.6. The molecule has 2 N–H and O–H groups in total. The van der Waals surface area contributed by atoms with Crippen molar-refractivity contribution < 1.29 is 24.1 Å². The number of aromatic nitrogens is 1. The second-order valence-corrected chi connectivity index (χ2v) is 8.97. The molecule has 0 spiro atoms. The van der Waals surface area contributed by atoms with Gasteiger partial charge < -0.3 is 19.8 Å². The van der Waals surface area contributed by atoms with Crippen LogP contribution >= 0.6 is 0 Å². The Morgan fingerprint density at radius 1 is 1.35 bits per heavy atom. The molecule has 1 aromatic carbocycles. The number of carbonyl (C=O) groups excluding carboxylic acids is 1. The van der Waals surface area contributed by atoms with E-state index < -0.39 is 12.1 Å². The van der Waals surface area contributed by atoms with E-state index in [0.717, 1.165) is 5.56 Å². The lowest BCUT2D eigenvalue weighted by Gasteiger charge is -2.37. The molecule has 0 bridgehead atoms. The molecule has 0 aliphatic carbocycles. The summed E-state index contributed by atoms with van der Waals surface area (Å²) in [4.78, 5) is 21.4. The molecule has 34 heavy (non-hydrogen) atoms. The van der Waals surface area contributed by atoms with Crippen LogP contribution in [0.5, 0.6) is 5.88 Å². The van der Waals surface area contributed by atoms with Crippen molar-refractivity contribution in [3.8, 4) is 17.7 Å². The third-order valence-corrected chi connectivity index (χ3v) is 5.78. The standard InChI is InChI=1S/C26H32FN3O4/c1-17-13-30(18(2)16-31)26(33)23-11-20(9-8-19(3)32)12-28-25(23)34-24(17)15-29(4)14-21-6-5-7-22(27)10-21/h5-7,10-12,17-19,24,31-32H,13-16H2,1-4H3/t17-,18-,19+,24+/m0/s1. The van der Waals surface area contributed by atoms with E-state index in [1.807, 2.05) is 24.9 Å². The zero-order valence-electron chi connectivity index (χ0n) is 20.0. The number of benzene rings is 1. The molecule has 8 heteroatoms. The van der Waals surface area contributed by atoms with Gasteiger partial charge in [-0.3, -0.25) is 9.69 Å². The third kappa shape index (κ3) is 6.54. The van der Waals surface area contributed by atoms with Gasteiger partial charge in [-0.25, -0.2) is 9.37 Å². The Kier molecular flexibility index (Phi) is 8.61. The fourth-order valence-corrected chi connectivity index (χ4v) is 3.90. The zero-order valence-corrected chi connectivity index (χ0v) is 20.0. The zero-order chi connectivity index (χ0) is 24.8. The average Bonchev–Trinajstić information content (AvgIpc) is 2.79. The quantitative estimate of drug-likeness (QED) is 0.632. The molecule has 0 radical (unpaired) electrons. The minimum absolute atomic E-state index is 0.0578. The van der Waals surface area contributed by atoms with Crippen LogP contribution in [0.15, 0.2) is 36.5 Å². The Labute approximate surface area is 200 Å². The number of amides is 1. The summed E-state index contributed by atoms with van der Waals surface area (Å²) < 4.78 is 19.8. The Morgan fingerprint density at radius 2 is 2.12 bits per heavy atom. The number of rotatable bonds is 6. The lowest BCUT2D eigenvalue weighted by atomic mass is 9.99. The molecule has 1 aliphatic rings. The van der Waals surface area contributed by atoms with Crippen LogP contribution in [0.4, 0.5) is 4.39 Å². The molecule has 0 fully saturated rings. The van der Waals surface area contributed by atoms with Crippen LogP contribution in [-0.4, -0.2) is 75.9 Å². The molecule has 2 heterocycles. The highest BCUT2D eigenvalue weighted by molar-refractivity contribution is 5.97. The molecule has 182 valence electrons. The average molecular weight is 470 g/mol. The predicted molar refractivity (Wildman–Crippen MR) is 127 cm³/mol. The molecule has 7 nitrogen and oxygen atoms in total. The van der Waals surface area contributed by atoms with Crippen molar-refractivity contribution in [3.63, 3.8) is 0 Å². The minimum Gasteiger partial charge on any atom is -0.472 e. The third-order valence-electron chi connectivity index (χ3n) is 5.78. The van der Waals surface area contributed by atoms with Crippen LogP contribution in [0.1, 0.15) is 42.3 Å². The van der Waals surface area contributed by atoms with Gasteiger partial charge in [-0.2, -0.15) is 0 Å². The van der Waals surface area contributed by atoms with Gasteiger partial charge in [0.25, 0.3) is 5.91 Å². The molecule has 2 aromatic rings. The van der Waals surface area contributed by atoms with Crippen molar-refractivity contribution >= 4 is 5.91 Å². The van der Waals surface area contributed by atoms with Crippen LogP contribution in [0.25, 0.3) is 0 Å². The molecule has 0 unspecified atom stereocenters. The number of hydrogen-bond donors (Lipinski definition) is 2. The largest absolute Gasteiger partial charge is 0.472 e. The molecular formula is C26H32FN3O4. The summed E-state index contributed by atoms with van der Waals surface area (Å²) in [6, 6.07) is 7.71. The normalized spacial score (nSPS) is 19.9. The molecule has 1 aliphatic heterocycles. The van der Waals surface area contributed by atoms with E-state index in [2.05, 4.69) is 16.8 Å². The number of fused-ring (bicyclic) bond motifs is 1. The lowest BCUT2D eigenvalue weighted by Crippen LogP contribution is -2.49. The summed E-state index contributed by atoms with van der Waals surface area (Å²) in [5, 5.41) is 19.2. The van der Waals surface area contributed by atoms with E-state index in [4.69, 9.17) is 4.74 Å². The highest BCUT2D eigenvalue weighted by Crippen LogP contribution is 2.27. The van der Waals surface area contributed by atoms with Crippen molar-refractivity contribution in [1.82, 2.24) is 14.8 Å². The number of pyridine rings is 1. The van der Waals surface area contributed by atoms with Crippen LogP contribution in [0.2, 0.25) is 0 Å². The maximum absolute atomic E-state index is 13.6. The van der Waals surface area contributed by atoms with Gasteiger partial charge in [0.15, 0.2) is 0 Å². The van der Waals surface area contributed by atoms with Gasteiger partial charge in [-0.1, -0.05) is 30.9 Å². The van der Waals surface area contributed by atoms with Crippen LogP contribution in [0, 0.1) is 23.6 Å². The summed E-state index contributed by atoms with van der Waals surface area (Å²) in [6.07, 6.45) is 0.403. The smallest absolute Gasteiger partial charge is 0.259 e. The number of likely N-dealkylation sites (N-methyl/N-ethyl adjacent to an activating group) is 1. The Bertz CT molecular complexity index is 1070. The van der Waals surface area contributed by atoms with Gasteiger partial charge in [0.05, 0.1) is 12.6 Å². The highest BCUT2D eigenvalue weighted by Gasteiger charge is 2.34. The van der Waals surface area contributed by atoms with Crippen LogP contribution in [-0.2, 0) is 6.54 Å². The maximum Gasteiger partial charge on any atom is 0.259 e. The monoisotopic (exact) mass is 469 g/mol. The molecule has 1 amide bonds. The first-order chi connectivity index (χ1) is 16.2. The van der Waals surface area contributed by atoms with Gasteiger partial charge >= 0.3 is 0 Å². The number of halogens is 1. The number of aliphatic hydroxyl groups excluding tert-OH is 2. The number of carbonyl (C=O) groups is 1. The molecule has 0 saturated carbocycles. The Morgan fingerprint density at radius 3 is 2.79 bits per heavy atom. The first-order valence-corrected chi connectivity index (χ1v) is 11.4. The fraction of sp³-hybridized carbons (Fsp3) is 0.462. The number of aliphatic hydroxyl groups is 2. The van der Waals surface area contributed by atoms with E-state index in [-0.39, 0.29) is 41.8 Å². The fourth-order valence-electron chi connectivity index (χ4n) is 3.90. The number of hydrogen-bond acceptors (Lipinski definition) is 6. The molecular weight excluding hydrogens is 437 g/mol.